The lowest BCUT2D eigenvalue weighted by atomic mass is 9.79. The Hall–Kier alpha value is -1.15. The lowest BCUT2D eigenvalue weighted by molar-refractivity contribution is 0.0238. The summed E-state index contributed by atoms with van der Waals surface area (Å²) in [4.78, 5) is 12.6. The van der Waals surface area contributed by atoms with Crippen LogP contribution in [0.4, 0.5) is 0 Å². The Morgan fingerprint density at radius 2 is 1.55 bits per heavy atom. The van der Waals surface area contributed by atoms with Gasteiger partial charge in [-0.15, -0.1) is 0 Å². The second kappa shape index (κ2) is 5.69. The predicted octanol–water partition coefficient (Wildman–Crippen LogP) is 4.22. The molecule has 0 bridgehead atoms. The monoisotopic (exact) mass is 272 g/mol. The number of carbonyl (C=O) groups excluding carboxylic acids is 1. The highest BCUT2D eigenvalue weighted by atomic mass is 16.3. The Morgan fingerprint density at radius 1 is 0.950 bits per heavy atom. The molecule has 20 heavy (non-hydrogen) atoms. The number of hydrogen-bond acceptors (Lipinski definition) is 2. The van der Waals surface area contributed by atoms with E-state index in [2.05, 4.69) is 12.1 Å². The first-order valence-corrected chi connectivity index (χ1v) is 8.06. The summed E-state index contributed by atoms with van der Waals surface area (Å²) in [7, 11) is 0. The Kier molecular flexibility index (Phi) is 3.93. The smallest absolute Gasteiger partial charge is 0.194 e. The molecule has 2 nitrogen and oxygen atoms in total. The van der Waals surface area contributed by atoms with E-state index in [1.54, 1.807) is 0 Å². The zero-order chi connectivity index (χ0) is 14.0. The molecule has 0 amide bonds. The third kappa shape index (κ3) is 2.67. The van der Waals surface area contributed by atoms with Crippen LogP contribution < -0.4 is 0 Å². The Labute approximate surface area is 121 Å². The average Bonchev–Trinajstić information content (AvgIpc) is 2.63. The molecular weight excluding hydrogens is 248 g/mol. The molecule has 2 aliphatic rings. The van der Waals surface area contributed by atoms with E-state index in [-0.39, 0.29) is 5.78 Å². The van der Waals surface area contributed by atoms with E-state index in [9.17, 15) is 9.90 Å². The van der Waals surface area contributed by atoms with Crippen LogP contribution in [0.2, 0.25) is 0 Å². The number of ketones is 1. The normalized spacial score (nSPS) is 22.9. The van der Waals surface area contributed by atoms with E-state index in [1.807, 2.05) is 12.1 Å². The maximum Gasteiger partial charge on any atom is 0.194 e. The van der Waals surface area contributed by atoms with E-state index in [4.69, 9.17) is 0 Å². The summed E-state index contributed by atoms with van der Waals surface area (Å²) < 4.78 is 0. The van der Waals surface area contributed by atoms with Gasteiger partial charge in [-0.2, -0.15) is 0 Å². The number of aliphatic hydroxyl groups is 1. The number of rotatable bonds is 3. The second-order valence-corrected chi connectivity index (χ2v) is 6.52. The fraction of sp³-hybridized carbons (Fsp3) is 0.611. The van der Waals surface area contributed by atoms with Crippen molar-refractivity contribution >= 4 is 5.78 Å². The molecule has 1 N–H and O–H groups in total. The minimum atomic E-state index is -1.12. The summed E-state index contributed by atoms with van der Waals surface area (Å²) >= 11 is 0. The second-order valence-electron chi connectivity index (χ2n) is 6.52. The van der Waals surface area contributed by atoms with Crippen molar-refractivity contribution in [3.05, 3.63) is 35.4 Å². The molecular formula is C18H24O2. The quantitative estimate of drug-likeness (QED) is 0.660. The molecule has 0 radical (unpaired) electrons. The summed E-state index contributed by atoms with van der Waals surface area (Å²) in [5, 5.41) is 10.7. The molecule has 1 aromatic rings. The van der Waals surface area contributed by atoms with E-state index in [1.165, 1.54) is 24.8 Å². The van der Waals surface area contributed by atoms with Gasteiger partial charge >= 0.3 is 0 Å². The molecule has 0 aliphatic heterocycles. The Bertz CT molecular complexity index is 463. The maximum absolute atomic E-state index is 12.6. The van der Waals surface area contributed by atoms with Crippen molar-refractivity contribution in [3.63, 3.8) is 0 Å². The number of carbonyl (C=O) groups is 1. The summed E-state index contributed by atoms with van der Waals surface area (Å²) in [6.07, 6.45) is 9.31. The van der Waals surface area contributed by atoms with Crippen LogP contribution in [0.3, 0.4) is 0 Å². The van der Waals surface area contributed by atoms with Crippen LogP contribution >= 0.6 is 0 Å². The molecule has 2 saturated carbocycles. The van der Waals surface area contributed by atoms with Gasteiger partial charge in [-0.3, -0.25) is 4.79 Å². The highest BCUT2D eigenvalue weighted by molar-refractivity contribution is 6.02. The summed E-state index contributed by atoms with van der Waals surface area (Å²) in [6, 6.07) is 7.99. The van der Waals surface area contributed by atoms with Gasteiger partial charge in [-0.1, -0.05) is 56.4 Å². The van der Waals surface area contributed by atoms with Crippen molar-refractivity contribution in [2.45, 2.75) is 69.3 Å². The average molecular weight is 272 g/mol. The van der Waals surface area contributed by atoms with Gasteiger partial charge in [-0.25, -0.2) is 0 Å². The van der Waals surface area contributed by atoms with Gasteiger partial charge in [0.2, 0.25) is 0 Å². The lowest BCUT2D eigenvalue weighted by Crippen LogP contribution is -2.38. The third-order valence-electron chi connectivity index (χ3n) is 5.10. The van der Waals surface area contributed by atoms with Crippen LogP contribution in [0.15, 0.2) is 24.3 Å². The standard InChI is InChI=1S/C18H24O2/c19-17(18(20)12-3-1-2-4-13-18)16-10-8-15(9-11-16)14-6-5-7-14/h8-11,14,20H,1-7,12-13H2. The van der Waals surface area contributed by atoms with Gasteiger partial charge in [0.25, 0.3) is 0 Å². The molecule has 2 aliphatic carbocycles. The number of hydrogen-bond donors (Lipinski definition) is 1. The molecule has 0 unspecified atom stereocenters. The fourth-order valence-electron chi connectivity index (χ4n) is 3.46. The number of benzene rings is 1. The number of Topliss-reactive ketones (excluding diaryl/α,β-unsaturated/α-hetero) is 1. The van der Waals surface area contributed by atoms with Crippen LogP contribution in [0.25, 0.3) is 0 Å². The van der Waals surface area contributed by atoms with Crippen LogP contribution in [-0.2, 0) is 0 Å². The molecule has 0 spiro atoms. The molecule has 0 saturated heterocycles. The van der Waals surface area contributed by atoms with Gasteiger partial charge in [0, 0.05) is 5.56 Å². The first-order valence-electron chi connectivity index (χ1n) is 8.06. The van der Waals surface area contributed by atoms with Crippen LogP contribution in [0.5, 0.6) is 0 Å². The van der Waals surface area contributed by atoms with Gasteiger partial charge in [0.15, 0.2) is 5.78 Å². The Balaban J connectivity index is 1.75. The molecule has 108 valence electrons. The minimum absolute atomic E-state index is 0.0699. The lowest BCUT2D eigenvalue weighted by Gasteiger charge is -2.27. The third-order valence-corrected chi connectivity index (χ3v) is 5.10. The van der Waals surface area contributed by atoms with E-state index >= 15 is 0 Å². The molecule has 1 aromatic carbocycles. The first kappa shape index (κ1) is 13.8. The zero-order valence-electron chi connectivity index (χ0n) is 12.1. The highest BCUT2D eigenvalue weighted by Crippen LogP contribution is 2.37. The SMILES string of the molecule is O=C(c1ccc(C2CCC2)cc1)C1(O)CCCCCC1. The van der Waals surface area contributed by atoms with E-state index < -0.39 is 5.60 Å². The van der Waals surface area contributed by atoms with Gasteiger partial charge in [0.1, 0.15) is 5.60 Å². The molecule has 2 fully saturated rings. The van der Waals surface area contributed by atoms with Crippen molar-refractivity contribution < 1.29 is 9.90 Å². The molecule has 2 heteroatoms. The summed E-state index contributed by atoms with van der Waals surface area (Å²) in [5.41, 5.74) is 0.909. The van der Waals surface area contributed by atoms with Crippen LogP contribution in [0, 0.1) is 0 Å². The summed E-state index contributed by atoms with van der Waals surface area (Å²) in [6.45, 7) is 0. The van der Waals surface area contributed by atoms with Gasteiger partial charge in [-0.05, 0) is 37.2 Å². The van der Waals surface area contributed by atoms with Crippen molar-refractivity contribution in [3.8, 4) is 0 Å². The largest absolute Gasteiger partial charge is 0.382 e. The first-order chi connectivity index (χ1) is 9.69. The van der Waals surface area contributed by atoms with Crippen molar-refractivity contribution in [1.29, 1.82) is 0 Å². The fourth-order valence-corrected chi connectivity index (χ4v) is 3.46. The topological polar surface area (TPSA) is 37.3 Å². The van der Waals surface area contributed by atoms with Crippen molar-refractivity contribution in [2.24, 2.45) is 0 Å². The van der Waals surface area contributed by atoms with Crippen molar-refractivity contribution in [1.82, 2.24) is 0 Å². The van der Waals surface area contributed by atoms with Crippen molar-refractivity contribution in [2.75, 3.05) is 0 Å². The predicted molar refractivity (Wildman–Crippen MR) is 80.0 cm³/mol. The molecule has 3 rings (SSSR count). The molecule has 0 heterocycles. The Morgan fingerprint density at radius 3 is 2.05 bits per heavy atom. The van der Waals surface area contributed by atoms with Crippen LogP contribution in [0.1, 0.15) is 79.6 Å². The van der Waals surface area contributed by atoms with E-state index in [0.717, 1.165) is 25.7 Å². The zero-order valence-corrected chi connectivity index (χ0v) is 12.1. The van der Waals surface area contributed by atoms with Crippen LogP contribution in [-0.4, -0.2) is 16.5 Å². The maximum atomic E-state index is 12.6. The van der Waals surface area contributed by atoms with Gasteiger partial charge in [0.05, 0.1) is 0 Å². The molecule has 0 aromatic heterocycles. The summed E-state index contributed by atoms with van der Waals surface area (Å²) in [5.74, 6) is 0.625. The van der Waals surface area contributed by atoms with E-state index in [0.29, 0.717) is 24.3 Å². The van der Waals surface area contributed by atoms with Gasteiger partial charge < -0.3 is 5.11 Å². The highest BCUT2D eigenvalue weighted by Gasteiger charge is 2.36. The minimum Gasteiger partial charge on any atom is -0.382 e. The molecule has 0 atom stereocenters.